The molecular weight excluding hydrogens is 326 g/mol. The Morgan fingerprint density at radius 1 is 1.22 bits per heavy atom. The maximum atomic E-state index is 5.51. The van der Waals surface area contributed by atoms with Crippen molar-refractivity contribution in [2.75, 3.05) is 19.6 Å². The average molecular weight is 345 g/mol. The monoisotopic (exact) mass is 345 g/mol. The summed E-state index contributed by atoms with van der Waals surface area (Å²) in [5.41, 5.74) is 1.05. The fraction of sp³-hybridized carbons (Fsp3) is 0.412. The number of piperidine rings is 1. The lowest BCUT2D eigenvalue weighted by molar-refractivity contribution is 0.196. The lowest BCUT2D eigenvalue weighted by Gasteiger charge is -2.30. The SMILES string of the molecule is c1csc(CCN2CCC(c3nc(-c4ccsc4)no3)CC2)c1. The highest BCUT2D eigenvalue weighted by molar-refractivity contribution is 7.09. The minimum atomic E-state index is 0.410. The zero-order valence-corrected chi connectivity index (χ0v) is 14.5. The third-order valence-electron chi connectivity index (χ3n) is 4.41. The highest BCUT2D eigenvalue weighted by Crippen LogP contribution is 2.29. The van der Waals surface area contributed by atoms with Crippen molar-refractivity contribution in [3.63, 3.8) is 0 Å². The lowest BCUT2D eigenvalue weighted by Crippen LogP contribution is -2.34. The van der Waals surface area contributed by atoms with Crippen LogP contribution in [0.5, 0.6) is 0 Å². The van der Waals surface area contributed by atoms with Gasteiger partial charge in [0, 0.05) is 28.3 Å². The standard InChI is InChI=1S/C17H19N3OS2/c1-2-15(23-10-1)5-9-20-7-3-13(4-8-20)17-18-16(19-21-17)14-6-11-22-12-14/h1-2,6,10-13H,3-5,7-9H2. The minimum Gasteiger partial charge on any atom is -0.339 e. The zero-order valence-electron chi connectivity index (χ0n) is 12.9. The van der Waals surface area contributed by atoms with E-state index in [0.717, 1.165) is 56.2 Å². The Kier molecular flexibility index (Phi) is 4.55. The summed E-state index contributed by atoms with van der Waals surface area (Å²) in [6, 6.07) is 6.39. The van der Waals surface area contributed by atoms with E-state index in [-0.39, 0.29) is 0 Å². The molecule has 3 aromatic rings. The Bertz CT molecular complexity index is 713. The Morgan fingerprint density at radius 3 is 2.87 bits per heavy atom. The number of aromatic nitrogens is 2. The molecule has 4 rings (SSSR count). The first-order chi connectivity index (χ1) is 11.4. The van der Waals surface area contributed by atoms with E-state index in [1.54, 1.807) is 11.3 Å². The summed E-state index contributed by atoms with van der Waals surface area (Å²) < 4.78 is 5.51. The minimum absolute atomic E-state index is 0.410. The molecule has 4 nitrogen and oxygen atoms in total. The van der Waals surface area contributed by atoms with Gasteiger partial charge in [0.25, 0.3) is 0 Å². The fourth-order valence-electron chi connectivity index (χ4n) is 3.04. The van der Waals surface area contributed by atoms with Crippen molar-refractivity contribution in [2.45, 2.75) is 25.2 Å². The molecule has 1 saturated heterocycles. The molecule has 6 heteroatoms. The van der Waals surface area contributed by atoms with Crippen molar-refractivity contribution in [1.82, 2.24) is 15.0 Å². The summed E-state index contributed by atoms with van der Waals surface area (Å²) in [5, 5.41) is 10.4. The van der Waals surface area contributed by atoms with Crippen molar-refractivity contribution < 1.29 is 4.52 Å². The maximum absolute atomic E-state index is 5.51. The van der Waals surface area contributed by atoms with Gasteiger partial charge in [0.15, 0.2) is 0 Å². The number of nitrogens with zero attached hydrogens (tertiary/aromatic N) is 3. The molecular formula is C17H19N3OS2. The van der Waals surface area contributed by atoms with Crippen LogP contribution in [-0.2, 0) is 6.42 Å². The second kappa shape index (κ2) is 6.95. The molecule has 23 heavy (non-hydrogen) atoms. The Morgan fingerprint density at radius 2 is 2.13 bits per heavy atom. The Hall–Kier alpha value is -1.50. The van der Waals surface area contributed by atoms with Crippen LogP contribution in [0.25, 0.3) is 11.4 Å². The van der Waals surface area contributed by atoms with Gasteiger partial charge in [0.1, 0.15) is 0 Å². The van der Waals surface area contributed by atoms with Crippen molar-refractivity contribution in [2.24, 2.45) is 0 Å². The van der Waals surface area contributed by atoms with Crippen LogP contribution < -0.4 is 0 Å². The van der Waals surface area contributed by atoms with Crippen LogP contribution in [0.1, 0.15) is 29.5 Å². The van der Waals surface area contributed by atoms with Crippen molar-refractivity contribution in [1.29, 1.82) is 0 Å². The summed E-state index contributed by atoms with van der Waals surface area (Å²) in [7, 11) is 0. The molecule has 1 aliphatic rings. The number of thiophene rings is 2. The second-order valence-electron chi connectivity index (χ2n) is 5.91. The van der Waals surface area contributed by atoms with Crippen LogP contribution >= 0.6 is 22.7 Å². The fourth-order valence-corrected chi connectivity index (χ4v) is 4.37. The lowest BCUT2D eigenvalue weighted by atomic mass is 9.96. The molecule has 0 spiro atoms. The van der Waals surface area contributed by atoms with Crippen molar-refractivity contribution in [3.8, 4) is 11.4 Å². The van der Waals surface area contributed by atoms with E-state index >= 15 is 0 Å². The molecule has 0 aliphatic carbocycles. The summed E-state index contributed by atoms with van der Waals surface area (Å²) in [5.74, 6) is 1.94. The first-order valence-corrected chi connectivity index (χ1v) is 9.81. The second-order valence-corrected chi connectivity index (χ2v) is 7.73. The van der Waals surface area contributed by atoms with Crippen LogP contribution in [-0.4, -0.2) is 34.7 Å². The van der Waals surface area contributed by atoms with Crippen LogP contribution in [0.3, 0.4) is 0 Å². The molecule has 0 aromatic carbocycles. The van der Waals surface area contributed by atoms with Crippen LogP contribution in [0.2, 0.25) is 0 Å². The van der Waals surface area contributed by atoms with Gasteiger partial charge < -0.3 is 9.42 Å². The van der Waals surface area contributed by atoms with E-state index in [1.807, 2.05) is 22.8 Å². The van der Waals surface area contributed by atoms with E-state index in [0.29, 0.717) is 5.92 Å². The third-order valence-corrected chi connectivity index (χ3v) is 6.03. The molecule has 3 aromatic heterocycles. The largest absolute Gasteiger partial charge is 0.339 e. The molecule has 0 saturated carbocycles. The van der Waals surface area contributed by atoms with Gasteiger partial charge >= 0.3 is 0 Å². The molecule has 1 aliphatic heterocycles. The van der Waals surface area contributed by atoms with Gasteiger partial charge in [-0.15, -0.1) is 11.3 Å². The van der Waals surface area contributed by atoms with E-state index in [4.69, 9.17) is 4.52 Å². The van der Waals surface area contributed by atoms with Gasteiger partial charge in [-0.1, -0.05) is 11.2 Å². The summed E-state index contributed by atoms with van der Waals surface area (Å²) in [6.07, 6.45) is 3.37. The van der Waals surface area contributed by atoms with Gasteiger partial charge in [-0.2, -0.15) is 16.3 Å². The molecule has 4 heterocycles. The maximum Gasteiger partial charge on any atom is 0.230 e. The molecule has 0 atom stereocenters. The van der Waals surface area contributed by atoms with Gasteiger partial charge in [0.2, 0.25) is 11.7 Å². The first kappa shape index (κ1) is 15.1. The average Bonchev–Trinajstić information content (AvgIpc) is 3.35. The molecule has 0 bridgehead atoms. The molecule has 0 amide bonds. The third kappa shape index (κ3) is 3.54. The predicted octanol–water partition coefficient (Wildman–Crippen LogP) is 4.28. The van der Waals surface area contributed by atoms with Crippen molar-refractivity contribution >= 4 is 22.7 Å². The highest BCUT2D eigenvalue weighted by Gasteiger charge is 2.25. The predicted molar refractivity (Wildman–Crippen MR) is 94.0 cm³/mol. The van der Waals surface area contributed by atoms with E-state index in [9.17, 15) is 0 Å². The van der Waals surface area contributed by atoms with Crippen LogP contribution in [0.15, 0.2) is 38.9 Å². The van der Waals surface area contributed by atoms with Crippen LogP contribution in [0, 0.1) is 0 Å². The Balaban J connectivity index is 1.31. The smallest absolute Gasteiger partial charge is 0.230 e. The van der Waals surface area contributed by atoms with Gasteiger partial charge in [-0.05, 0) is 55.2 Å². The summed E-state index contributed by atoms with van der Waals surface area (Å²) in [4.78, 5) is 8.62. The molecule has 0 unspecified atom stereocenters. The van der Waals surface area contributed by atoms with E-state index < -0.39 is 0 Å². The normalized spacial score (nSPS) is 16.9. The van der Waals surface area contributed by atoms with Gasteiger partial charge in [-0.25, -0.2) is 0 Å². The quantitative estimate of drug-likeness (QED) is 0.692. The Labute approximate surface area is 143 Å². The topological polar surface area (TPSA) is 42.2 Å². The van der Waals surface area contributed by atoms with Gasteiger partial charge in [-0.3, -0.25) is 0 Å². The van der Waals surface area contributed by atoms with Crippen molar-refractivity contribution in [3.05, 3.63) is 45.1 Å². The summed E-state index contributed by atoms with van der Waals surface area (Å²) in [6.45, 7) is 3.38. The first-order valence-electron chi connectivity index (χ1n) is 7.99. The van der Waals surface area contributed by atoms with Gasteiger partial charge in [0.05, 0.1) is 0 Å². The van der Waals surface area contributed by atoms with E-state index in [2.05, 4.69) is 37.9 Å². The molecule has 0 N–H and O–H groups in total. The van der Waals surface area contributed by atoms with E-state index in [1.165, 1.54) is 4.88 Å². The summed E-state index contributed by atoms with van der Waals surface area (Å²) >= 11 is 3.51. The molecule has 0 radical (unpaired) electrons. The van der Waals surface area contributed by atoms with Crippen LogP contribution in [0.4, 0.5) is 0 Å². The number of rotatable bonds is 5. The highest BCUT2D eigenvalue weighted by atomic mass is 32.1. The number of hydrogen-bond acceptors (Lipinski definition) is 6. The molecule has 120 valence electrons. The zero-order chi connectivity index (χ0) is 15.5. The number of hydrogen-bond donors (Lipinski definition) is 0. The number of likely N-dealkylation sites (tertiary alicyclic amines) is 1. The molecule has 1 fully saturated rings.